The van der Waals surface area contributed by atoms with Crippen molar-refractivity contribution in [3.8, 4) is 11.5 Å². The van der Waals surface area contributed by atoms with Gasteiger partial charge in [-0.3, -0.25) is 9.59 Å². The van der Waals surface area contributed by atoms with Gasteiger partial charge in [0, 0.05) is 37.6 Å². The van der Waals surface area contributed by atoms with Crippen molar-refractivity contribution in [1.82, 2.24) is 4.90 Å². The van der Waals surface area contributed by atoms with Crippen LogP contribution in [-0.4, -0.2) is 51.6 Å². The number of amides is 2. The van der Waals surface area contributed by atoms with Crippen LogP contribution in [0.15, 0.2) is 36.4 Å². The Hall–Kier alpha value is -2.93. The summed E-state index contributed by atoms with van der Waals surface area (Å²) in [6, 6.07) is 10.1. The molecule has 0 saturated heterocycles. The summed E-state index contributed by atoms with van der Waals surface area (Å²) in [5, 5.41) is 6.49. The molecule has 0 heterocycles. The Balaban J connectivity index is 2.02. The molecule has 2 aromatic carbocycles. The standard InChI is InChI=1S/C20H24ClN3O4/c1-24(2)20(26)13-5-7-18(28-4)16(11-13)23-19(25)9-10-22-15-12-14(21)6-8-17(15)27-3/h5-8,11-12,22H,9-10H2,1-4H3,(H,23,25). The minimum atomic E-state index is -0.221. The van der Waals surface area contributed by atoms with E-state index in [0.29, 0.717) is 40.0 Å². The third kappa shape index (κ3) is 5.53. The fraction of sp³-hybridized carbons (Fsp3) is 0.300. The summed E-state index contributed by atoms with van der Waals surface area (Å²) in [6.07, 6.45) is 0.199. The number of methoxy groups -OCH3 is 2. The van der Waals surface area contributed by atoms with Crippen molar-refractivity contribution in [2.24, 2.45) is 0 Å². The second-order valence-electron chi connectivity index (χ2n) is 6.18. The number of nitrogens with one attached hydrogen (secondary N) is 2. The highest BCUT2D eigenvalue weighted by atomic mass is 35.5. The molecule has 2 N–H and O–H groups in total. The van der Waals surface area contributed by atoms with E-state index < -0.39 is 0 Å². The Morgan fingerprint density at radius 1 is 1.00 bits per heavy atom. The van der Waals surface area contributed by atoms with Gasteiger partial charge in [0.2, 0.25) is 5.91 Å². The van der Waals surface area contributed by atoms with Gasteiger partial charge in [-0.25, -0.2) is 0 Å². The lowest BCUT2D eigenvalue weighted by Gasteiger charge is -2.15. The monoisotopic (exact) mass is 405 g/mol. The van der Waals surface area contributed by atoms with E-state index in [0.717, 1.165) is 0 Å². The maximum absolute atomic E-state index is 12.3. The molecule has 0 aliphatic heterocycles. The maximum Gasteiger partial charge on any atom is 0.253 e. The lowest BCUT2D eigenvalue weighted by atomic mass is 10.1. The number of anilines is 2. The van der Waals surface area contributed by atoms with Crippen molar-refractivity contribution in [1.29, 1.82) is 0 Å². The Bertz CT molecular complexity index is 855. The zero-order chi connectivity index (χ0) is 20.7. The van der Waals surface area contributed by atoms with Crippen molar-refractivity contribution in [3.05, 3.63) is 47.0 Å². The lowest BCUT2D eigenvalue weighted by Crippen LogP contribution is -2.22. The number of hydrogen-bond acceptors (Lipinski definition) is 5. The van der Waals surface area contributed by atoms with E-state index in [-0.39, 0.29) is 18.2 Å². The quantitative estimate of drug-likeness (QED) is 0.702. The van der Waals surface area contributed by atoms with Crippen molar-refractivity contribution in [2.45, 2.75) is 6.42 Å². The van der Waals surface area contributed by atoms with Crippen LogP contribution in [-0.2, 0) is 4.79 Å². The Morgan fingerprint density at radius 3 is 2.29 bits per heavy atom. The lowest BCUT2D eigenvalue weighted by molar-refractivity contribution is -0.116. The zero-order valence-corrected chi connectivity index (χ0v) is 17.1. The second kappa shape index (κ2) is 9.85. The number of carbonyl (C=O) groups excluding carboxylic acids is 2. The molecular weight excluding hydrogens is 382 g/mol. The van der Waals surface area contributed by atoms with E-state index in [1.54, 1.807) is 57.6 Å². The molecule has 28 heavy (non-hydrogen) atoms. The Kier molecular flexibility index (Phi) is 7.52. The predicted molar refractivity (Wildman–Crippen MR) is 111 cm³/mol. The highest BCUT2D eigenvalue weighted by Crippen LogP contribution is 2.28. The average Bonchev–Trinajstić information content (AvgIpc) is 2.67. The van der Waals surface area contributed by atoms with E-state index in [1.165, 1.54) is 12.0 Å². The zero-order valence-electron chi connectivity index (χ0n) is 16.3. The van der Waals surface area contributed by atoms with Gasteiger partial charge in [-0.2, -0.15) is 0 Å². The molecule has 0 aromatic heterocycles. The molecule has 8 heteroatoms. The summed E-state index contributed by atoms with van der Waals surface area (Å²) in [7, 11) is 6.40. The molecule has 0 radical (unpaired) electrons. The number of carbonyl (C=O) groups is 2. The van der Waals surface area contributed by atoms with Crippen LogP contribution in [0.2, 0.25) is 5.02 Å². The molecule has 0 fully saturated rings. The minimum Gasteiger partial charge on any atom is -0.495 e. The van der Waals surface area contributed by atoms with Crippen LogP contribution < -0.4 is 20.1 Å². The van der Waals surface area contributed by atoms with Crippen LogP contribution in [0, 0.1) is 0 Å². The van der Waals surface area contributed by atoms with Gasteiger partial charge in [0.1, 0.15) is 11.5 Å². The number of halogens is 1. The maximum atomic E-state index is 12.3. The van der Waals surface area contributed by atoms with Crippen LogP contribution in [0.1, 0.15) is 16.8 Å². The molecule has 0 bridgehead atoms. The van der Waals surface area contributed by atoms with Crippen LogP contribution >= 0.6 is 11.6 Å². The fourth-order valence-corrected chi connectivity index (χ4v) is 2.71. The molecule has 0 spiro atoms. The van der Waals surface area contributed by atoms with Gasteiger partial charge < -0.3 is 25.0 Å². The summed E-state index contributed by atoms with van der Waals surface area (Å²) < 4.78 is 10.5. The van der Waals surface area contributed by atoms with Gasteiger partial charge in [-0.15, -0.1) is 0 Å². The van der Waals surface area contributed by atoms with E-state index >= 15 is 0 Å². The molecule has 2 aromatic rings. The van der Waals surface area contributed by atoms with E-state index in [4.69, 9.17) is 21.1 Å². The molecule has 0 aliphatic rings. The van der Waals surface area contributed by atoms with Crippen LogP contribution in [0.3, 0.4) is 0 Å². The third-order valence-corrected chi connectivity index (χ3v) is 4.19. The molecule has 0 unspecified atom stereocenters. The molecule has 2 amide bonds. The summed E-state index contributed by atoms with van der Waals surface area (Å²) in [5.74, 6) is 0.739. The summed E-state index contributed by atoms with van der Waals surface area (Å²) in [5.41, 5.74) is 1.61. The summed E-state index contributed by atoms with van der Waals surface area (Å²) in [6.45, 7) is 0.376. The molecular formula is C20H24ClN3O4. The van der Waals surface area contributed by atoms with Gasteiger partial charge >= 0.3 is 0 Å². The predicted octanol–water partition coefficient (Wildman–Crippen LogP) is 3.50. The normalized spacial score (nSPS) is 10.2. The highest BCUT2D eigenvalue weighted by molar-refractivity contribution is 6.30. The van der Waals surface area contributed by atoms with Crippen LogP contribution in [0.25, 0.3) is 0 Å². The van der Waals surface area contributed by atoms with Crippen molar-refractivity contribution in [3.63, 3.8) is 0 Å². The number of hydrogen-bond donors (Lipinski definition) is 2. The topological polar surface area (TPSA) is 79.9 Å². The first kappa shape index (κ1) is 21.4. The van der Waals surface area contributed by atoms with Crippen LogP contribution in [0.4, 0.5) is 11.4 Å². The molecule has 0 saturated carbocycles. The van der Waals surface area contributed by atoms with E-state index in [1.807, 2.05) is 0 Å². The average molecular weight is 406 g/mol. The first-order valence-corrected chi connectivity index (χ1v) is 9.00. The van der Waals surface area contributed by atoms with E-state index in [9.17, 15) is 9.59 Å². The van der Waals surface area contributed by atoms with Gasteiger partial charge in [-0.1, -0.05) is 11.6 Å². The number of ether oxygens (including phenoxy) is 2. The first-order valence-electron chi connectivity index (χ1n) is 8.62. The van der Waals surface area contributed by atoms with Gasteiger partial charge in [0.25, 0.3) is 5.91 Å². The van der Waals surface area contributed by atoms with Gasteiger partial charge in [0.15, 0.2) is 0 Å². The second-order valence-corrected chi connectivity index (χ2v) is 6.62. The molecule has 2 rings (SSSR count). The SMILES string of the molecule is COc1ccc(Cl)cc1NCCC(=O)Nc1cc(C(=O)N(C)C)ccc1OC. The largest absolute Gasteiger partial charge is 0.495 e. The highest BCUT2D eigenvalue weighted by Gasteiger charge is 2.14. The Morgan fingerprint density at radius 2 is 1.64 bits per heavy atom. The van der Waals surface area contributed by atoms with Crippen molar-refractivity contribution < 1.29 is 19.1 Å². The number of rotatable bonds is 8. The Labute approximate surface area is 169 Å². The smallest absolute Gasteiger partial charge is 0.253 e. The molecule has 7 nitrogen and oxygen atoms in total. The van der Waals surface area contributed by atoms with Crippen molar-refractivity contribution >= 4 is 34.8 Å². The molecule has 0 aliphatic carbocycles. The van der Waals surface area contributed by atoms with Gasteiger partial charge in [0.05, 0.1) is 25.6 Å². The summed E-state index contributed by atoms with van der Waals surface area (Å²) in [4.78, 5) is 26.0. The van der Waals surface area contributed by atoms with Crippen LogP contribution in [0.5, 0.6) is 11.5 Å². The number of nitrogens with zero attached hydrogens (tertiary/aromatic N) is 1. The number of benzene rings is 2. The minimum absolute atomic E-state index is 0.159. The molecule has 0 atom stereocenters. The molecule has 150 valence electrons. The van der Waals surface area contributed by atoms with E-state index in [2.05, 4.69) is 10.6 Å². The third-order valence-electron chi connectivity index (χ3n) is 3.96. The van der Waals surface area contributed by atoms with Gasteiger partial charge in [-0.05, 0) is 36.4 Å². The first-order chi connectivity index (χ1) is 13.3. The summed E-state index contributed by atoms with van der Waals surface area (Å²) >= 11 is 6.00. The fourth-order valence-electron chi connectivity index (χ4n) is 2.54. The van der Waals surface area contributed by atoms with Crippen molar-refractivity contribution in [2.75, 3.05) is 45.5 Å².